The zero-order chi connectivity index (χ0) is 20.1. The molecule has 0 radical (unpaired) electrons. The van der Waals surface area contributed by atoms with Crippen LogP contribution in [-0.2, 0) is 17.8 Å². The minimum atomic E-state index is 0.0528. The van der Waals surface area contributed by atoms with Crippen molar-refractivity contribution in [1.29, 1.82) is 0 Å². The van der Waals surface area contributed by atoms with Gasteiger partial charge in [-0.1, -0.05) is 48.5 Å². The minimum absolute atomic E-state index is 0.0528. The maximum atomic E-state index is 11.7. The molecule has 1 heterocycles. The third-order valence-corrected chi connectivity index (χ3v) is 5.24. The van der Waals surface area contributed by atoms with Crippen LogP contribution in [-0.4, -0.2) is 41.8 Å². The molecule has 0 aromatic heterocycles. The summed E-state index contributed by atoms with van der Waals surface area (Å²) in [4.78, 5) is 17.9. The molecule has 0 aliphatic carbocycles. The first-order valence-corrected chi connectivity index (χ1v) is 9.50. The fourth-order valence-corrected chi connectivity index (χ4v) is 3.50. The first-order valence-electron chi connectivity index (χ1n) is 9.50. The summed E-state index contributed by atoms with van der Waals surface area (Å²) in [6, 6.07) is 16.2. The summed E-state index contributed by atoms with van der Waals surface area (Å²) in [5, 5.41) is 9.16. The molecule has 3 N–H and O–H groups in total. The van der Waals surface area contributed by atoms with Crippen LogP contribution < -0.4 is 5.73 Å². The van der Waals surface area contributed by atoms with E-state index in [4.69, 9.17) is 10.8 Å². The van der Waals surface area contributed by atoms with Crippen LogP contribution in [0.3, 0.4) is 0 Å². The molecule has 0 unspecified atom stereocenters. The molecule has 5 nitrogen and oxygen atoms in total. The number of hydrogen-bond acceptors (Lipinski definition) is 4. The molecule has 0 bridgehead atoms. The fourth-order valence-electron chi connectivity index (χ4n) is 3.50. The summed E-state index contributed by atoms with van der Waals surface area (Å²) >= 11 is 0. The second-order valence-corrected chi connectivity index (χ2v) is 7.09. The molecule has 1 aliphatic rings. The molecule has 2 aromatic rings. The van der Waals surface area contributed by atoms with Crippen molar-refractivity contribution in [3.63, 3.8) is 0 Å². The summed E-state index contributed by atoms with van der Waals surface area (Å²) in [6.07, 6.45) is 1.37. The van der Waals surface area contributed by atoms with Gasteiger partial charge in [0.2, 0.25) is 5.91 Å². The van der Waals surface area contributed by atoms with E-state index < -0.39 is 0 Å². The number of piperidine rings is 1. The van der Waals surface area contributed by atoms with Crippen molar-refractivity contribution in [2.75, 3.05) is 20.1 Å². The highest BCUT2D eigenvalue weighted by Crippen LogP contribution is 2.22. The van der Waals surface area contributed by atoms with E-state index in [-0.39, 0.29) is 12.5 Å². The number of benzene rings is 2. The van der Waals surface area contributed by atoms with E-state index in [1.54, 1.807) is 14.0 Å². The molecule has 3 rings (SSSR count). The molecule has 0 spiro atoms. The number of aliphatic imine (C=N–C) groups is 1. The maximum Gasteiger partial charge on any atom is 0.219 e. The van der Waals surface area contributed by atoms with Crippen molar-refractivity contribution >= 4 is 11.6 Å². The number of amides is 1. The Balaban J connectivity index is 1.78. The zero-order valence-electron chi connectivity index (χ0n) is 16.5. The van der Waals surface area contributed by atoms with Crippen LogP contribution in [0.5, 0.6) is 0 Å². The third kappa shape index (κ3) is 4.49. The predicted octanol–water partition coefficient (Wildman–Crippen LogP) is 2.92. The summed E-state index contributed by atoms with van der Waals surface area (Å²) in [5.41, 5.74) is 13.4. The highest BCUT2D eigenvalue weighted by Gasteiger charge is 2.23. The first kappa shape index (κ1) is 19.8. The molecule has 146 valence electrons. The Kier molecular flexibility index (Phi) is 6.26. The molecule has 2 aromatic carbocycles. The third-order valence-electron chi connectivity index (χ3n) is 5.24. The Labute approximate surface area is 166 Å². The topological polar surface area (TPSA) is 78.9 Å². The van der Waals surface area contributed by atoms with Gasteiger partial charge in [0.15, 0.2) is 0 Å². The molecular weight excluding hydrogens is 350 g/mol. The molecular formula is C23H27N3O2. The monoisotopic (exact) mass is 377 g/mol. The second-order valence-electron chi connectivity index (χ2n) is 7.09. The summed E-state index contributed by atoms with van der Waals surface area (Å²) in [6.45, 7) is 2.87. The lowest BCUT2D eigenvalue weighted by Gasteiger charge is -2.30. The standard InChI is InChI=1S/C23H27N3O2/c1-16(28)26-12-11-23(25-2)21(14-26)22(24)13-17-3-7-19(8-4-17)20-9-5-18(15-27)6-10-20/h3-10,27H,11-15,24H2,1-2H3. The lowest BCUT2D eigenvalue weighted by molar-refractivity contribution is -0.128. The maximum absolute atomic E-state index is 11.7. The SMILES string of the molecule is CN=C1CCN(C(C)=O)CC1=C(N)Cc1ccc(-c2ccc(CO)cc2)cc1. The average molecular weight is 377 g/mol. The van der Waals surface area contributed by atoms with Crippen molar-refractivity contribution < 1.29 is 9.90 Å². The first-order chi connectivity index (χ1) is 13.5. The molecule has 1 fully saturated rings. The number of nitrogens with zero attached hydrogens (tertiary/aromatic N) is 2. The van der Waals surface area contributed by atoms with Gasteiger partial charge in [0, 0.05) is 56.9 Å². The van der Waals surface area contributed by atoms with E-state index in [0.717, 1.165) is 45.7 Å². The summed E-state index contributed by atoms with van der Waals surface area (Å²) in [5.74, 6) is 0.0667. The molecule has 0 atom stereocenters. The zero-order valence-corrected chi connectivity index (χ0v) is 16.5. The van der Waals surface area contributed by atoms with E-state index in [2.05, 4.69) is 29.3 Å². The van der Waals surface area contributed by atoms with Gasteiger partial charge in [0.05, 0.1) is 6.61 Å². The van der Waals surface area contributed by atoms with Gasteiger partial charge in [-0.25, -0.2) is 0 Å². The number of hydrogen-bond donors (Lipinski definition) is 2. The van der Waals surface area contributed by atoms with Gasteiger partial charge in [0.25, 0.3) is 0 Å². The van der Waals surface area contributed by atoms with Crippen LogP contribution in [0.4, 0.5) is 0 Å². The Morgan fingerprint density at radius 1 is 1.07 bits per heavy atom. The largest absolute Gasteiger partial charge is 0.401 e. The van der Waals surface area contributed by atoms with Crippen molar-refractivity contribution in [2.24, 2.45) is 10.7 Å². The normalized spacial score (nSPS) is 17.7. The van der Waals surface area contributed by atoms with Crippen molar-refractivity contribution in [3.8, 4) is 11.1 Å². The van der Waals surface area contributed by atoms with Crippen LogP contribution >= 0.6 is 0 Å². The lowest BCUT2D eigenvalue weighted by Crippen LogP contribution is -2.40. The molecule has 0 saturated carbocycles. The van der Waals surface area contributed by atoms with Crippen LogP contribution in [0.25, 0.3) is 11.1 Å². The predicted molar refractivity (Wildman–Crippen MR) is 113 cm³/mol. The quantitative estimate of drug-likeness (QED) is 0.860. The average Bonchev–Trinajstić information content (AvgIpc) is 2.73. The highest BCUT2D eigenvalue weighted by atomic mass is 16.3. The van der Waals surface area contributed by atoms with Crippen molar-refractivity contribution in [1.82, 2.24) is 4.90 Å². The van der Waals surface area contributed by atoms with E-state index in [1.807, 2.05) is 29.2 Å². The van der Waals surface area contributed by atoms with Gasteiger partial charge in [-0.15, -0.1) is 0 Å². The smallest absolute Gasteiger partial charge is 0.219 e. The summed E-state index contributed by atoms with van der Waals surface area (Å²) < 4.78 is 0. The fraction of sp³-hybridized carbons (Fsp3) is 0.304. The van der Waals surface area contributed by atoms with Gasteiger partial charge >= 0.3 is 0 Å². The number of rotatable bonds is 4. The Hall–Kier alpha value is -2.92. The van der Waals surface area contributed by atoms with Crippen molar-refractivity contribution in [2.45, 2.75) is 26.4 Å². The minimum Gasteiger partial charge on any atom is -0.401 e. The Morgan fingerprint density at radius 2 is 1.64 bits per heavy atom. The number of aliphatic hydroxyl groups is 1. The number of nitrogens with two attached hydrogens (primary N) is 1. The number of carbonyl (C=O) groups is 1. The lowest BCUT2D eigenvalue weighted by atomic mass is 9.96. The van der Waals surface area contributed by atoms with E-state index in [1.165, 1.54) is 0 Å². The number of likely N-dealkylation sites (tertiary alicyclic amines) is 1. The van der Waals surface area contributed by atoms with Crippen LogP contribution in [0, 0.1) is 0 Å². The number of aliphatic hydroxyl groups excluding tert-OH is 1. The van der Waals surface area contributed by atoms with Gasteiger partial charge in [-0.2, -0.15) is 0 Å². The highest BCUT2D eigenvalue weighted by molar-refractivity contribution is 6.02. The molecule has 1 amide bonds. The van der Waals surface area contributed by atoms with Gasteiger partial charge in [-0.05, 0) is 22.3 Å². The van der Waals surface area contributed by atoms with Crippen LogP contribution in [0.2, 0.25) is 0 Å². The Bertz CT molecular complexity index is 896. The molecule has 28 heavy (non-hydrogen) atoms. The van der Waals surface area contributed by atoms with E-state index >= 15 is 0 Å². The van der Waals surface area contributed by atoms with Gasteiger partial charge in [0.1, 0.15) is 0 Å². The molecule has 1 saturated heterocycles. The molecule has 5 heteroatoms. The van der Waals surface area contributed by atoms with Gasteiger partial charge in [-0.3, -0.25) is 9.79 Å². The summed E-state index contributed by atoms with van der Waals surface area (Å²) in [7, 11) is 1.78. The number of carbonyl (C=O) groups excluding carboxylic acids is 1. The molecule has 1 aliphatic heterocycles. The van der Waals surface area contributed by atoms with E-state index in [0.29, 0.717) is 19.5 Å². The number of allylic oxidation sites excluding steroid dienone is 1. The van der Waals surface area contributed by atoms with Crippen LogP contribution in [0.15, 0.2) is 64.8 Å². The van der Waals surface area contributed by atoms with Gasteiger partial charge < -0.3 is 15.7 Å². The van der Waals surface area contributed by atoms with E-state index in [9.17, 15) is 4.79 Å². The second kappa shape index (κ2) is 8.85. The van der Waals surface area contributed by atoms with Crippen LogP contribution in [0.1, 0.15) is 24.5 Å². The Morgan fingerprint density at radius 3 is 2.14 bits per heavy atom. The van der Waals surface area contributed by atoms with Crippen molar-refractivity contribution in [3.05, 3.63) is 70.9 Å².